The Kier molecular flexibility index (Phi) is 3.64. The van der Waals surface area contributed by atoms with Gasteiger partial charge < -0.3 is 5.32 Å². The van der Waals surface area contributed by atoms with Gasteiger partial charge in [-0.25, -0.2) is 9.37 Å². The molecule has 1 N–H and O–H groups in total. The lowest BCUT2D eigenvalue weighted by Gasteiger charge is -2.03. The van der Waals surface area contributed by atoms with Crippen LogP contribution in [-0.4, -0.2) is 4.98 Å². The van der Waals surface area contributed by atoms with E-state index in [9.17, 15) is 4.39 Å². The number of nitrogens with one attached hydrogen (secondary N) is 1. The first-order chi connectivity index (χ1) is 7.75. The van der Waals surface area contributed by atoms with Gasteiger partial charge in [0.2, 0.25) is 0 Å². The Morgan fingerprint density at radius 3 is 2.81 bits per heavy atom. The Bertz CT molecular complexity index is 468. The highest BCUT2D eigenvalue weighted by molar-refractivity contribution is 7.11. The van der Waals surface area contributed by atoms with Gasteiger partial charge >= 0.3 is 0 Å². The quantitative estimate of drug-likeness (QED) is 0.883. The Balaban J connectivity index is 1.87. The first-order valence-corrected chi connectivity index (χ1v) is 5.93. The van der Waals surface area contributed by atoms with Crippen LogP contribution in [0.5, 0.6) is 0 Å². The fourth-order valence-corrected chi connectivity index (χ4v) is 2.21. The van der Waals surface area contributed by atoms with E-state index in [2.05, 4.69) is 10.3 Å². The molecule has 1 aromatic carbocycles. The summed E-state index contributed by atoms with van der Waals surface area (Å²) in [4.78, 5) is 5.34. The predicted molar refractivity (Wildman–Crippen MR) is 63.8 cm³/mol. The van der Waals surface area contributed by atoms with E-state index in [1.807, 2.05) is 19.2 Å². The molecule has 0 aliphatic rings. The zero-order chi connectivity index (χ0) is 11.4. The third kappa shape index (κ3) is 2.87. The van der Waals surface area contributed by atoms with Crippen LogP contribution in [0, 0.1) is 12.7 Å². The van der Waals surface area contributed by atoms with Crippen LogP contribution in [0.25, 0.3) is 0 Å². The Hall–Kier alpha value is -1.26. The summed E-state index contributed by atoms with van der Waals surface area (Å²) >= 11 is 1.66. The van der Waals surface area contributed by atoms with Gasteiger partial charge in [-0.15, -0.1) is 11.3 Å². The number of hydrogen-bond acceptors (Lipinski definition) is 3. The molecule has 84 valence electrons. The molecule has 4 heteroatoms. The summed E-state index contributed by atoms with van der Waals surface area (Å²) in [6.45, 7) is 3.26. The van der Waals surface area contributed by atoms with Crippen molar-refractivity contribution in [3.05, 3.63) is 51.7 Å². The van der Waals surface area contributed by atoms with Crippen LogP contribution < -0.4 is 5.32 Å². The fourth-order valence-electron chi connectivity index (χ4n) is 1.45. The largest absolute Gasteiger partial charge is 0.308 e. The van der Waals surface area contributed by atoms with Crippen molar-refractivity contribution >= 4 is 11.3 Å². The lowest BCUT2D eigenvalue weighted by atomic mass is 10.2. The molecule has 1 aromatic heterocycles. The molecule has 2 rings (SSSR count). The van der Waals surface area contributed by atoms with Gasteiger partial charge in [0.05, 0.1) is 5.01 Å². The highest BCUT2D eigenvalue weighted by Crippen LogP contribution is 2.11. The Morgan fingerprint density at radius 1 is 1.31 bits per heavy atom. The van der Waals surface area contributed by atoms with Crippen LogP contribution >= 0.6 is 11.3 Å². The molecule has 0 amide bonds. The molecule has 0 atom stereocenters. The highest BCUT2D eigenvalue weighted by Gasteiger charge is 2.01. The van der Waals surface area contributed by atoms with E-state index < -0.39 is 0 Å². The first kappa shape index (κ1) is 11.2. The standard InChI is InChI=1S/C12H13FN2S/c1-9-15-8-11(16-9)7-14-6-10-4-2-3-5-12(10)13/h2-5,8,14H,6-7H2,1H3. The van der Waals surface area contributed by atoms with Crippen molar-refractivity contribution in [3.8, 4) is 0 Å². The molecule has 0 bridgehead atoms. The number of halogens is 1. The SMILES string of the molecule is Cc1ncc(CNCc2ccccc2F)s1. The van der Waals surface area contributed by atoms with E-state index in [4.69, 9.17) is 0 Å². The first-order valence-electron chi connectivity index (χ1n) is 5.11. The maximum atomic E-state index is 13.3. The number of aromatic nitrogens is 1. The second-order valence-electron chi connectivity index (χ2n) is 3.54. The number of rotatable bonds is 4. The average Bonchev–Trinajstić information content (AvgIpc) is 2.67. The zero-order valence-corrected chi connectivity index (χ0v) is 9.85. The van der Waals surface area contributed by atoms with Gasteiger partial charge in [0.1, 0.15) is 5.82 Å². The van der Waals surface area contributed by atoms with Gasteiger partial charge in [-0.1, -0.05) is 18.2 Å². The van der Waals surface area contributed by atoms with Gasteiger partial charge in [-0.2, -0.15) is 0 Å². The number of aryl methyl sites for hydroxylation is 1. The van der Waals surface area contributed by atoms with Crippen molar-refractivity contribution in [2.75, 3.05) is 0 Å². The van der Waals surface area contributed by atoms with E-state index >= 15 is 0 Å². The van der Waals surface area contributed by atoms with Crippen molar-refractivity contribution < 1.29 is 4.39 Å². The average molecular weight is 236 g/mol. The third-order valence-corrected chi connectivity index (χ3v) is 3.15. The van der Waals surface area contributed by atoms with E-state index in [1.165, 1.54) is 10.9 Å². The van der Waals surface area contributed by atoms with Gasteiger partial charge in [0.25, 0.3) is 0 Å². The molecular formula is C12H13FN2S. The van der Waals surface area contributed by atoms with Crippen LogP contribution in [0.3, 0.4) is 0 Å². The van der Waals surface area contributed by atoms with Crippen molar-refractivity contribution in [1.29, 1.82) is 0 Å². The molecular weight excluding hydrogens is 223 g/mol. The molecule has 2 nitrogen and oxygen atoms in total. The Labute approximate surface area is 98.2 Å². The van der Waals surface area contributed by atoms with Crippen molar-refractivity contribution in [3.63, 3.8) is 0 Å². The third-order valence-electron chi connectivity index (χ3n) is 2.24. The highest BCUT2D eigenvalue weighted by atomic mass is 32.1. The lowest BCUT2D eigenvalue weighted by molar-refractivity contribution is 0.589. The number of thiazole rings is 1. The molecule has 0 saturated heterocycles. The second-order valence-corrected chi connectivity index (χ2v) is 4.86. The fraction of sp³-hybridized carbons (Fsp3) is 0.250. The normalized spacial score (nSPS) is 10.6. The number of hydrogen-bond donors (Lipinski definition) is 1. The molecule has 0 aliphatic carbocycles. The summed E-state index contributed by atoms with van der Waals surface area (Å²) in [6.07, 6.45) is 1.86. The molecule has 0 saturated carbocycles. The van der Waals surface area contributed by atoms with E-state index in [0.717, 1.165) is 11.6 Å². The summed E-state index contributed by atoms with van der Waals surface area (Å²) in [5.74, 6) is -0.157. The lowest BCUT2D eigenvalue weighted by Crippen LogP contribution is -2.12. The zero-order valence-electron chi connectivity index (χ0n) is 9.03. The van der Waals surface area contributed by atoms with Crippen LogP contribution in [0.15, 0.2) is 30.5 Å². The maximum absolute atomic E-state index is 13.3. The van der Waals surface area contributed by atoms with Crippen LogP contribution in [0.4, 0.5) is 4.39 Å². The monoisotopic (exact) mass is 236 g/mol. The van der Waals surface area contributed by atoms with Crippen molar-refractivity contribution in [1.82, 2.24) is 10.3 Å². The number of nitrogens with zero attached hydrogens (tertiary/aromatic N) is 1. The minimum atomic E-state index is -0.157. The van der Waals surface area contributed by atoms with Crippen LogP contribution in [-0.2, 0) is 13.1 Å². The Morgan fingerprint density at radius 2 is 2.12 bits per heavy atom. The predicted octanol–water partition coefficient (Wildman–Crippen LogP) is 2.88. The van der Waals surface area contributed by atoms with Gasteiger partial charge in [0.15, 0.2) is 0 Å². The summed E-state index contributed by atoms with van der Waals surface area (Å²) in [5, 5.41) is 4.26. The second kappa shape index (κ2) is 5.18. The van der Waals surface area contributed by atoms with Crippen molar-refractivity contribution in [2.45, 2.75) is 20.0 Å². The minimum Gasteiger partial charge on any atom is -0.308 e. The molecule has 16 heavy (non-hydrogen) atoms. The summed E-state index contributed by atoms with van der Waals surface area (Å²) in [6, 6.07) is 6.82. The summed E-state index contributed by atoms with van der Waals surface area (Å²) in [7, 11) is 0. The molecule has 0 spiro atoms. The van der Waals surface area contributed by atoms with E-state index in [-0.39, 0.29) is 5.82 Å². The van der Waals surface area contributed by atoms with E-state index in [0.29, 0.717) is 12.1 Å². The molecule has 0 fully saturated rings. The smallest absolute Gasteiger partial charge is 0.127 e. The van der Waals surface area contributed by atoms with Crippen LogP contribution in [0.1, 0.15) is 15.4 Å². The molecule has 0 radical (unpaired) electrons. The van der Waals surface area contributed by atoms with Gasteiger partial charge in [0, 0.05) is 29.7 Å². The van der Waals surface area contributed by atoms with Crippen LogP contribution in [0.2, 0.25) is 0 Å². The van der Waals surface area contributed by atoms with Gasteiger partial charge in [-0.05, 0) is 13.0 Å². The minimum absolute atomic E-state index is 0.157. The molecule has 1 heterocycles. The number of benzene rings is 1. The summed E-state index contributed by atoms with van der Waals surface area (Å²) < 4.78 is 13.3. The van der Waals surface area contributed by atoms with E-state index in [1.54, 1.807) is 23.5 Å². The summed E-state index contributed by atoms with van der Waals surface area (Å²) in [5.41, 5.74) is 0.698. The topological polar surface area (TPSA) is 24.9 Å². The van der Waals surface area contributed by atoms with Crippen molar-refractivity contribution in [2.24, 2.45) is 0 Å². The van der Waals surface area contributed by atoms with Gasteiger partial charge in [-0.3, -0.25) is 0 Å². The maximum Gasteiger partial charge on any atom is 0.127 e. The molecule has 2 aromatic rings. The molecule has 0 aliphatic heterocycles. The molecule has 0 unspecified atom stereocenters.